The van der Waals surface area contributed by atoms with Gasteiger partial charge in [0.2, 0.25) is 0 Å². The number of ketones is 1. The molecule has 0 heterocycles. The number of hydrogen-bond donors (Lipinski definition) is 0. The first-order valence-corrected chi connectivity index (χ1v) is 5.40. The molecule has 0 aliphatic heterocycles. The summed E-state index contributed by atoms with van der Waals surface area (Å²) < 4.78 is 4.68. The lowest BCUT2D eigenvalue weighted by molar-refractivity contribution is -0.151. The Balaban J connectivity index is 2.68. The second-order valence-electron chi connectivity index (χ2n) is 3.62. The summed E-state index contributed by atoms with van der Waals surface area (Å²) in [5, 5.41) is 0. The summed E-state index contributed by atoms with van der Waals surface area (Å²) >= 11 is 5.50. The summed E-state index contributed by atoms with van der Waals surface area (Å²) in [7, 11) is 1.36. The van der Waals surface area contributed by atoms with E-state index in [0.717, 1.165) is 25.7 Å². The molecule has 0 bridgehead atoms. The molecule has 1 aliphatic rings. The fourth-order valence-corrected chi connectivity index (χ4v) is 2.25. The van der Waals surface area contributed by atoms with Gasteiger partial charge < -0.3 is 4.74 Å². The molecule has 0 aromatic carbocycles. The molecule has 0 saturated heterocycles. The monoisotopic (exact) mass is 218 g/mol. The number of methoxy groups -OCH3 is 1. The second kappa shape index (κ2) is 5.35. The summed E-state index contributed by atoms with van der Waals surface area (Å²) in [5.41, 5.74) is 0. The highest BCUT2D eigenvalue weighted by Gasteiger charge is 2.35. The Kier molecular flexibility index (Phi) is 4.39. The molecule has 14 heavy (non-hydrogen) atoms. The molecule has 80 valence electrons. The Morgan fingerprint density at radius 1 is 1.29 bits per heavy atom. The van der Waals surface area contributed by atoms with E-state index in [2.05, 4.69) is 4.74 Å². The van der Waals surface area contributed by atoms with Crippen molar-refractivity contribution in [2.45, 2.75) is 25.7 Å². The third-order valence-electron chi connectivity index (χ3n) is 2.82. The highest BCUT2D eigenvalue weighted by atomic mass is 35.5. The summed E-state index contributed by atoms with van der Waals surface area (Å²) in [4.78, 5) is 22.8. The Bertz CT molecular complexity index is 203. The van der Waals surface area contributed by atoms with Crippen molar-refractivity contribution in [2.24, 2.45) is 11.8 Å². The molecule has 0 unspecified atom stereocenters. The van der Waals surface area contributed by atoms with Gasteiger partial charge in [0.05, 0.1) is 18.9 Å². The maximum absolute atomic E-state index is 11.5. The number of rotatable bonds is 3. The molecule has 0 aromatic heterocycles. The predicted octanol–water partition coefficient (Wildman–Crippen LogP) is 1.77. The predicted molar refractivity (Wildman–Crippen MR) is 53.2 cm³/mol. The highest BCUT2D eigenvalue weighted by Crippen LogP contribution is 2.31. The number of ether oxygens (including phenoxy) is 1. The number of alkyl halides is 1. The first kappa shape index (κ1) is 11.5. The molecule has 4 heteroatoms. The Morgan fingerprint density at radius 3 is 2.36 bits per heavy atom. The number of hydrogen-bond acceptors (Lipinski definition) is 3. The van der Waals surface area contributed by atoms with Crippen LogP contribution in [0.4, 0.5) is 0 Å². The summed E-state index contributed by atoms with van der Waals surface area (Å²) in [5.74, 6) is -0.776. The van der Waals surface area contributed by atoms with Crippen LogP contribution in [0, 0.1) is 11.8 Å². The molecule has 0 radical (unpaired) electrons. The van der Waals surface area contributed by atoms with Crippen molar-refractivity contribution in [3.05, 3.63) is 0 Å². The zero-order valence-corrected chi connectivity index (χ0v) is 9.05. The SMILES string of the molecule is COC(=O)[C@@H]1CCCC[C@@H]1C(=O)CCl. The van der Waals surface area contributed by atoms with Gasteiger partial charge in [-0.05, 0) is 12.8 Å². The van der Waals surface area contributed by atoms with Gasteiger partial charge in [-0.15, -0.1) is 11.6 Å². The first-order valence-electron chi connectivity index (χ1n) is 4.87. The van der Waals surface area contributed by atoms with E-state index < -0.39 is 0 Å². The minimum Gasteiger partial charge on any atom is -0.469 e. The Morgan fingerprint density at radius 2 is 1.86 bits per heavy atom. The van der Waals surface area contributed by atoms with Crippen molar-refractivity contribution in [3.8, 4) is 0 Å². The third-order valence-corrected chi connectivity index (χ3v) is 3.08. The zero-order chi connectivity index (χ0) is 10.6. The fraction of sp³-hybridized carbons (Fsp3) is 0.800. The smallest absolute Gasteiger partial charge is 0.309 e. The second-order valence-corrected chi connectivity index (χ2v) is 3.89. The lowest BCUT2D eigenvalue weighted by Gasteiger charge is -2.27. The molecule has 0 amide bonds. The highest BCUT2D eigenvalue weighted by molar-refractivity contribution is 6.28. The van der Waals surface area contributed by atoms with Gasteiger partial charge in [-0.3, -0.25) is 9.59 Å². The van der Waals surface area contributed by atoms with Crippen LogP contribution in [0.3, 0.4) is 0 Å². The third kappa shape index (κ3) is 2.47. The van der Waals surface area contributed by atoms with E-state index in [1.807, 2.05) is 0 Å². The van der Waals surface area contributed by atoms with Crippen LogP contribution in [-0.4, -0.2) is 24.7 Å². The molecule has 1 rings (SSSR count). The van der Waals surface area contributed by atoms with Crippen LogP contribution in [0.15, 0.2) is 0 Å². The van der Waals surface area contributed by atoms with Crippen molar-refractivity contribution in [1.82, 2.24) is 0 Å². The van der Waals surface area contributed by atoms with Gasteiger partial charge in [0.1, 0.15) is 0 Å². The lowest BCUT2D eigenvalue weighted by atomic mass is 9.77. The number of halogens is 1. The van der Waals surface area contributed by atoms with E-state index in [1.165, 1.54) is 7.11 Å². The van der Waals surface area contributed by atoms with Crippen LogP contribution in [-0.2, 0) is 14.3 Å². The average Bonchev–Trinajstić information content (AvgIpc) is 2.27. The van der Waals surface area contributed by atoms with E-state index in [1.54, 1.807) is 0 Å². The minimum atomic E-state index is -0.270. The van der Waals surface area contributed by atoms with Crippen molar-refractivity contribution in [2.75, 3.05) is 13.0 Å². The number of carbonyl (C=O) groups excluding carboxylic acids is 2. The van der Waals surface area contributed by atoms with Gasteiger partial charge in [0, 0.05) is 5.92 Å². The van der Waals surface area contributed by atoms with Crippen LogP contribution < -0.4 is 0 Å². The molecular formula is C10H15ClO3. The van der Waals surface area contributed by atoms with E-state index >= 15 is 0 Å². The van der Waals surface area contributed by atoms with Crippen LogP contribution in [0.25, 0.3) is 0 Å². The Hall–Kier alpha value is -0.570. The number of carbonyl (C=O) groups is 2. The molecule has 0 spiro atoms. The zero-order valence-electron chi connectivity index (χ0n) is 8.29. The molecule has 2 atom stereocenters. The molecular weight excluding hydrogens is 204 g/mol. The maximum atomic E-state index is 11.5. The molecule has 0 N–H and O–H groups in total. The van der Waals surface area contributed by atoms with E-state index in [0.29, 0.717) is 0 Å². The molecule has 1 fully saturated rings. The molecule has 1 aliphatic carbocycles. The van der Waals surface area contributed by atoms with Gasteiger partial charge in [0.15, 0.2) is 5.78 Å². The van der Waals surface area contributed by atoms with Gasteiger partial charge in [0.25, 0.3) is 0 Å². The molecule has 1 saturated carbocycles. The quantitative estimate of drug-likeness (QED) is 0.536. The molecule has 3 nitrogen and oxygen atoms in total. The lowest BCUT2D eigenvalue weighted by Crippen LogP contribution is -2.34. The van der Waals surface area contributed by atoms with Gasteiger partial charge >= 0.3 is 5.97 Å². The van der Waals surface area contributed by atoms with E-state index in [4.69, 9.17) is 11.6 Å². The van der Waals surface area contributed by atoms with E-state index in [-0.39, 0.29) is 29.5 Å². The summed E-state index contributed by atoms with van der Waals surface area (Å²) in [6, 6.07) is 0. The largest absolute Gasteiger partial charge is 0.469 e. The van der Waals surface area contributed by atoms with Crippen molar-refractivity contribution in [3.63, 3.8) is 0 Å². The summed E-state index contributed by atoms with van der Waals surface area (Å²) in [6.45, 7) is 0. The first-order chi connectivity index (χ1) is 6.70. The van der Waals surface area contributed by atoms with Gasteiger partial charge in [-0.1, -0.05) is 12.8 Å². The minimum absolute atomic E-state index is 0.00182. The Labute approximate surface area is 88.8 Å². The van der Waals surface area contributed by atoms with Crippen LogP contribution in [0.2, 0.25) is 0 Å². The topological polar surface area (TPSA) is 43.4 Å². The van der Waals surface area contributed by atoms with Crippen LogP contribution >= 0.6 is 11.6 Å². The normalized spacial score (nSPS) is 27.0. The fourth-order valence-electron chi connectivity index (χ4n) is 2.05. The average molecular weight is 219 g/mol. The summed E-state index contributed by atoms with van der Waals surface area (Å²) in [6.07, 6.45) is 3.51. The number of esters is 1. The standard InChI is InChI=1S/C10H15ClO3/c1-14-10(13)8-5-3-2-4-7(8)9(12)6-11/h7-8H,2-6H2,1H3/t7-,8+/m0/s1. The number of Topliss-reactive ketones (excluding diaryl/α,β-unsaturated/α-hetero) is 1. The maximum Gasteiger partial charge on any atom is 0.309 e. The van der Waals surface area contributed by atoms with Crippen molar-refractivity contribution in [1.29, 1.82) is 0 Å². The van der Waals surface area contributed by atoms with Crippen molar-refractivity contribution < 1.29 is 14.3 Å². The van der Waals surface area contributed by atoms with Gasteiger partial charge in [-0.25, -0.2) is 0 Å². The van der Waals surface area contributed by atoms with E-state index in [9.17, 15) is 9.59 Å². The van der Waals surface area contributed by atoms with Crippen molar-refractivity contribution >= 4 is 23.4 Å². The van der Waals surface area contributed by atoms with Crippen LogP contribution in [0.5, 0.6) is 0 Å². The molecule has 0 aromatic rings. The van der Waals surface area contributed by atoms with Gasteiger partial charge in [-0.2, -0.15) is 0 Å². The van der Waals surface area contributed by atoms with Crippen LogP contribution in [0.1, 0.15) is 25.7 Å².